The van der Waals surface area contributed by atoms with E-state index >= 15 is 0 Å². The standard InChI is InChI=1S/C44H58N7O9PS/c1-29(2)50(30(3)4)51(57-23-24-62-42(52)43(5,6)7)61(53)60-59-36-25-38(49-28-48-39-40(45)46-27-47-41(39)49)58-37(36)26-56-44(31-13-11-10-12-14-31,32-15-19-34(54-8)20-16-32)33-17-21-35(55-9)22-18-33/h10-22,27-30,36-38,53H,23-26H2,1-9H3,(H2,45,46,47)/t36-,37+,38+,61?/m0/s1. The number of hydrazine groups is 1. The number of hydrogen-bond donors (Lipinski definition) is 2. The van der Waals surface area contributed by atoms with Crippen LogP contribution in [-0.2, 0) is 34.3 Å². The number of anilines is 1. The summed E-state index contributed by atoms with van der Waals surface area (Å²) < 4.78 is 32.8. The summed E-state index contributed by atoms with van der Waals surface area (Å²) in [5.74, 6) is 2.00. The molecule has 0 spiro atoms. The second-order valence-corrected chi connectivity index (χ2v) is 18.3. The van der Waals surface area contributed by atoms with Crippen molar-refractivity contribution in [2.24, 2.45) is 5.41 Å². The van der Waals surface area contributed by atoms with E-state index in [1.54, 1.807) is 25.1 Å². The average molecular weight is 892 g/mol. The lowest BCUT2D eigenvalue weighted by Gasteiger charge is -2.39. The Balaban J connectivity index is 1.33. The zero-order valence-electron chi connectivity index (χ0n) is 36.7. The van der Waals surface area contributed by atoms with Crippen molar-refractivity contribution in [1.82, 2.24) is 29.5 Å². The lowest BCUT2D eigenvalue weighted by Crippen LogP contribution is -2.48. The first kappa shape index (κ1) is 47.2. The predicted molar refractivity (Wildman–Crippen MR) is 238 cm³/mol. The third-order valence-corrected chi connectivity index (χ3v) is 12.4. The SMILES string of the molecule is COc1ccc(C(OC[C@H]2O[C@@H](n3cnc4c(N)ncnc43)C[C@@H]2OOP(O)N(OCCSC(=O)C(C)(C)C)N(C(C)C)C(C)C)(c2ccccc2)c2ccc(OC)cc2)cc1. The number of nitrogen functional groups attached to an aromatic ring is 1. The van der Waals surface area contributed by atoms with E-state index < -0.39 is 38.0 Å². The number of thioether (sulfide) groups is 1. The molecule has 0 saturated carbocycles. The molecule has 3 aromatic carbocycles. The molecule has 1 aliphatic rings. The number of benzene rings is 3. The summed E-state index contributed by atoms with van der Waals surface area (Å²) in [7, 11) is 0.717. The smallest absolute Gasteiger partial charge is 0.329 e. The summed E-state index contributed by atoms with van der Waals surface area (Å²) in [5, 5.41) is 1.90. The van der Waals surface area contributed by atoms with Crippen LogP contribution in [0.1, 0.15) is 77.8 Å². The molecule has 62 heavy (non-hydrogen) atoms. The van der Waals surface area contributed by atoms with Gasteiger partial charge in [-0.2, -0.15) is 4.67 Å². The van der Waals surface area contributed by atoms with Gasteiger partial charge in [0.1, 0.15) is 47.4 Å². The van der Waals surface area contributed by atoms with Crippen LogP contribution in [0.25, 0.3) is 11.2 Å². The molecule has 0 radical (unpaired) electrons. The van der Waals surface area contributed by atoms with Gasteiger partial charge in [-0.15, -0.1) is 0 Å². The van der Waals surface area contributed by atoms with Gasteiger partial charge in [0, 0.05) is 29.7 Å². The van der Waals surface area contributed by atoms with E-state index in [4.69, 9.17) is 39.1 Å². The Morgan fingerprint density at radius 1 is 0.919 bits per heavy atom. The van der Waals surface area contributed by atoms with Crippen LogP contribution in [0.2, 0.25) is 0 Å². The molecule has 0 aliphatic carbocycles. The number of fused-ring (bicyclic) bond motifs is 1. The normalized spacial score (nSPS) is 17.7. The number of nitrogens with two attached hydrogens (primary N) is 1. The summed E-state index contributed by atoms with van der Waals surface area (Å²) >= 11 is 1.18. The third-order valence-electron chi connectivity index (χ3n) is 10.3. The van der Waals surface area contributed by atoms with Crippen molar-refractivity contribution in [2.45, 2.75) is 91.0 Å². The van der Waals surface area contributed by atoms with Gasteiger partial charge in [-0.3, -0.25) is 14.2 Å². The highest BCUT2D eigenvalue weighted by atomic mass is 32.2. The van der Waals surface area contributed by atoms with Crippen LogP contribution in [0, 0.1) is 5.41 Å². The van der Waals surface area contributed by atoms with Crippen molar-refractivity contribution in [3.8, 4) is 11.5 Å². The van der Waals surface area contributed by atoms with Crippen LogP contribution in [-0.4, -0.2) is 97.0 Å². The molecule has 0 amide bonds. The number of carbonyl (C=O) groups excluding carboxylic acids is 1. The third kappa shape index (κ3) is 10.7. The summed E-state index contributed by atoms with van der Waals surface area (Å²) in [5.41, 5.74) is 7.95. The molecule has 1 fully saturated rings. The summed E-state index contributed by atoms with van der Waals surface area (Å²) in [4.78, 5) is 51.1. The minimum absolute atomic E-state index is 0.00601. The number of methoxy groups -OCH3 is 2. The summed E-state index contributed by atoms with van der Waals surface area (Å²) in [6.07, 6.45) is 1.02. The molecule has 18 heteroatoms. The summed E-state index contributed by atoms with van der Waals surface area (Å²) in [6, 6.07) is 25.3. The molecule has 16 nitrogen and oxygen atoms in total. The highest BCUT2D eigenvalue weighted by Gasteiger charge is 2.45. The second kappa shape index (κ2) is 20.9. The average Bonchev–Trinajstić information content (AvgIpc) is 3.89. The Morgan fingerprint density at radius 3 is 2.08 bits per heavy atom. The number of rotatable bonds is 20. The Morgan fingerprint density at radius 2 is 1.52 bits per heavy atom. The van der Waals surface area contributed by atoms with Gasteiger partial charge < -0.3 is 29.6 Å². The molecule has 3 N–H and O–H groups in total. The van der Waals surface area contributed by atoms with Crippen molar-refractivity contribution in [1.29, 1.82) is 0 Å². The summed E-state index contributed by atoms with van der Waals surface area (Å²) in [6.45, 7) is 13.7. The van der Waals surface area contributed by atoms with Crippen molar-refractivity contribution < 1.29 is 43.0 Å². The van der Waals surface area contributed by atoms with E-state index in [1.165, 1.54) is 23.0 Å². The van der Waals surface area contributed by atoms with Gasteiger partial charge >= 0.3 is 8.53 Å². The van der Waals surface area contributed by atoms with E-state index in [1.807, 2.05) is 132 Å². The second-order valence-electron chi connectivity index (χ2n) is 16.3. The number of ether oxygens (including phenoxy) is 4. The van der Waals surface area contributed by atoms with E-state index in [2.05, 4.69) is 15.0 Å². The Bertz CT molecular complexity index is 2140. The fourth-order valence-electron chi connectivity index (χ4n) is 7.27. The maximum absolute atomic E-state index is 12.6. The van der Waals surface area contributed by atoms with E-state index in [0.717, 1.165) is 16.7 Å². The topological polar surface area (TPSA) is 178 Å². The first-order chi connectivity index (χ1) is 29.7. The highest BCUT2D eigenvalue weighted by Crippen LogP contribution is 2.45. The quantitative estimate of drug-likeness (QED) is 0.0254. The van der Waals surface area contributed by atoms with E-state index in [0.29, 0.717) is 28.4 Å². The molecular formula is C44H58N7O9PS. The van der Waals surface area contributed by atoms with Gasteiger partial charge in [0.15, 0.2) is 16.6 Å². The molecule has 2 aromatic heterocycles. The zero-order valence-corrected chi connectivity index (χ0v) is 38.4. The Kier molecular flexibility index (Phi) is 16.0. The van der Waals surface area contributed by atoms with Crippen molar-refractivity contribution in [2.75, 3.05) is 38.9 Å². The number of aromatic nitrogens is 4. The van der Waals surface area contributed by atoms with Crippen molar-refractivity contribution in [3.05, 3.63) is 108 Å². The van der Waals surface area contributed by atoms with Crippen LogP contribution in [0.4, 0.5) is 5.82 Å². The molecule has 1 unspecified atom stereocenters. The maximum Gasteiger partial charge on any atom is 0.329 e. The minimum atomic E-state index is -2.54. The lowest BCUT2D eigenvalue weighted by molar-refractivity contribution is -0.296. The minimum Gasteiger partial charge on any atom is -0.497 e. The van der Waals surface area contributed by atoms with Crippen LogP contribution in [0.15, 0.2) is 91.5 Å². The van der Waals surface area contributed by atoms with Crippen LogP contribution in [0.5, 0.6) is 11.5 Å². The molecule has 1 saturated heterocycles. The zero-order chi connectivity index (χ0) is 44.6. The van der Waals surface area contributed by atoms with Gasteiger partial charge in [0.2, 0.25) is 0 Å². The van der Waals surface area contributed by atoms with Crippen molar-refractivity contribution >= 4 is 42.4 Å². The van der Waals surface area contributed by atoms with Gasteiger partial charge in [0.25, 0.3) is 0 Å². The Labute approximate surface area is 368 Å². The predicted octanol–water partition coefficient (Wildman–Crippen LogP) is 7.83. The number of imidazole rings is 1. The number of carbonyl (C=O) groups is 1. The maximum atomic E-state index is 12.6. The first-order valence-corrected chi connectivity index (χ1v) is 22.6. The molecule has 4 atom stereocenters. The van der Waals surface area contributed by atoms with Crippen LogP contribution >= 0.6 is 20.3 Å². The van der Waals surface area contributed by atoms with Gasteiger partial charge in [-0.1, -0.05) is 87.1 Å². The fraction of sp³-hybridized carbons (Fsp3) is 0.455. The molecule has 1 aliphatic heterocycles. The highest BCUT2D eigenvalue weighted by molar-refractivity contribution is 8.13. The fourth-order valence-corrected chi connectivity index (χ4v) is 9.06. The molecule has 3 heterocycles. The first-order valence-electron chi connectivity index (χ1n) is 20.5. The molecule has 0 bridgehead atoms. The monoisotopic (exact) mass is 891 g/mol. The Hall–Kier alpha value is -4.26. The largest absolute Gasteiger partial charge is 0.497 e. The number of nitrogens with zero attached hydrogens (tertiary/aromatic N) is 6. The van der Waals surface area contributed by atoms with Gasteiger partial charge in [-0.05, 0) is 73.6 Å². The van der Waals surface area contributed by atoms with Crippen molar-refractivity contribution in [3.63, 3.8) is 0 Å². The van der Waals surface area contributed by atoms with E-state index in [9.17, 15) is 9.69 Å². The molecule has 334 valence electrons. The van der Waals surface area contributed by atoms with Gasteiger partial charge in [0.05, 0.1) is 33.8 Å². The van der Waals surface area contributed by atoms with Crippen LogP contribution in [0.3, 0.4) is 0 Å². The lowest BCUT2D eigenvalue weighted by atomic mass is 9.80. The van der Waals surface area contributed by atoms with Crippen LogP contribution < -0.4 is 15.2 Å². The molecular weight excluding hydrogens is 834 g/mol. The van der Waals surface area contributed by atoms with Gasteiger partial charge in [-0.25, -0.2) is 24.8 Å². The van der Waals surface area contributed by atoms with E-state index in [-0.39, 0.29) is 42.7 Å². The number of hydrogen-bond acceptors (Lipinski definition) is 16. The molecule has 5 aromatic rings. The molecule has 6 rings (SSSR count).